The van der Waals surface area contributed by atoms with Crippen molar-refractivity contribution in [2.75, 3.05) is 0 Å². The smallest absolute Gasteiger partial charge is 0.347 e. The number of hydrogen-bond acceptors (Lipinski definition) is 4. The highest BCUT2D eigenvalue weighted by molar-refractivity contribution is 6.00. The third-order valence-corrected chi connectivity index (χ3v) is 2.91. The van der Waals surface area contributed by atoms with Crippen molar-refractivity contribution in [3.8, 4) is 5.75 Å². The zero-order chi connectivity index (χ0) is 13.3. The fraction of sp³-hybridized carbons (Fsp3) is 0.286. The Balaban J connectivity index is 2.73. The second kappa shape index (κ2) is 4.64. The SMILES string of the molecule is CCCC(=O)c1c(C)c2ccc(O)cc2oc1=O. The minimum Gasteiger partial charge on any atom is -0.508 e. The van der Waals surface area contributed by atoms with Gasteiger partial charge in [-0.3, -0.25) is 4.79 Å². The lowest BCUT2D eigenvalue weighted by atomic mass is 10.0. The van der Waals surface area contributed by atoms with Gasteiger partial charge in [0.15, 0.2) is 5.78 Å². The Hall–Kier alpha value is -2.10. The number of carbonyl (C=O) groups excluding carboxylic acids is 1. The summed E-state index contributed by atoms with van der Waals surface area (Å²) in [5.74, 6) is -0.170. The van der Waals surface area contributed by atoms with Crippen LogP contribution in [0.5, 0.6) is 5.75 Å². The van der Waals surface area contributed by atoms with Crippen molar-refractivity contribution in [2.45, 2.75) is 26.7 Å². The molecule has 0 bridgehead atoms. The van der Waals surface area contributed by atoms with Gasteiger partial charge in [0.2, 0.25) is 0 Å². The molecule has 2 rings (SSSR count). The summed E-state index contributed by atoms with van der Waals surface area (Å²) >= 11 is 0. The summed E-state index contributed by atoms with van der Waals surface area (Å²) in [7, 11) is 0. The molecule has 1 N–H and O–H groups in total. The molecule has 1 aromatic heterocycles. The third-order valence-electron chi connectivity index (χ3n) is 2.91. The number of phenolic OH excluding ortho intramolecular Hbond substituents is 1. The van der Waals surface area contributed by atoms with Crippen molar-refractivity contribution in [1.82, 2.24) is 0 Å². The zero-order valence-corrected chi connectivity index (χ0v) is 10.3. The Morgan fingerprint density at radius 3 is 2.78 bits per heavy atom. The van der Waals surface area contributed by atoms with Crippen molar-refractivity contribution >= 4 is 16.8 Å². The van der Waals surface area contributed by atoms with Gasteiger partial charge < -0.3 is 9.52 Å². The van der Waals surface area contributed by atoms with Crippen LogP contribution in [0.2, 0.25) is 0 Å². The molecule has 0 atom stereocenters. The number of benzene rings is 1. The first-order valence-electron chi connectivity index (χ1n) is 5.84. The molecule has 0 radical (unpaired) electrons. The van der Waals surface area contributed by atoms with Crippen LogP contribution in [0, 0.1) is 6.92 Å². The van der Waals surface area contributed by atoms with E-state index in [1.165, 1.54) is 12.1 Å². The van der Waals surface area contributed by atoms with E-state index in [0.717, 1.165) is 0 Å². The fourth-order valence-corrected chi connectivity index (χ4v) is 2.02. The molecule has 4 nitrogen and oxygen atoms in total. The number of hydrogen-bond donors (Lipinski definition) is 1. The van der Waals surface area contributed by atoms with E-state index in [2.05, 4.69) is 0 Å². The van der Waals surface area contributed by atoms with Gasteiger partial charge in [-0.15, -0.1) is 0 Å². The molecule has 18 heavy (non-hydrogen) atoms. The van der Waals surface area contributed by atoms with Crippen LogP contribution in [0.15, 0.2) is 27.4 Å². The molecule has 0 spiro atoms. The summed E-state index contributed by atoms with van der Waals surface area (Å²) in [6.45, 7) is 3.60. The summed E-state index contributed by atoms with van der Waals surface area (Å²) in [6, 6.07) is 4.52. The summed E-state index contributed by atoms with van der Waals surface area (Å²) in [4.78, 5) is 23.7. The van der Waals surface area contributed by atoms with Crippen LogP contribution in [0.3, 0.4) is 0 Å². The number of fused-ring (bicyclic) bond motifs is 1. The van der Waals surface area contributed by atoms with Crippen LogP contribution in [0.1, 0.15) is 35.7 Å². The maximum atomic E-state index is 11.9. The molecule has 0 aliphatic rings. The maximum absolute atomic E-state index is 11.9. The van der Waals surface area contributed by atoms with E-state index < -0.39 is 5.63 Å². The van der Waals surface area contributed by atoms with E-state index >= 15 is 0 Å². The fourth-order valence-electron chi connectivity index (χ4n) is 2.02. The van der Waals surface area contributed by atoms with Gasteiger partial charge in [-0.05, 0) is 31.0 Å². The van der Waals surface area contributed by atoms with Gasteiger partial charge in [-0.1, -0.05) is 6.92 Å². The number of rotatable bonds is 3. The molecule has 0 unspecified atom stereocenters. The van der Waals surface area contributed by atoms with Gasteiger partial charge in [0.25, 0.3) is 0 Å². The molecule has 1 heterocycles. The molecular weight excluding hydrogens is 232 g/mol. The number of carbonyl (C=O) groups is 1. The largest absolute Gasteiger partial charge is 0.508 e. The van der Waals surface area contributed by atoms with E-state index in [9.17, 15) is 14.7 Å². The molecule has 0 aliphatic carbocycles. The van der Waals surface area contributed by atoms with Gasteiger partial charge in [-0.2, -0.15) is 0 Å². The van der Waals surface area contributed by atoms with E-state index in [1.807, 2.05) is 6.92 Å². The molecule has 94 valence electrons. The van der Waals surface area contributed by atoms with Crippen LogP contribution in [0.4, 0.5) is 0 Å². The standard InChI is InChI=1S/C14H14O4/c1-3-4-11(16)13-8(2)10-6-5-9(15)7-12(10)18-14(13)17/h5-7,15H,3-4H2,1-2H3. The number of aryl methyl sites for hydroxylation is 1. The van der Waals surface area contributed by atoms with Gasteiger partial charge in [0.05, 0.1) is 0 Å². The van der Waals surface area contributed by atoms with Crippen LogP contribution in [0.25, 0.3) is 11.0 Å². The summed E-state index contributed by atoms with van der Waals surface area (Å²) in [5, 5.41) is 10.0. The number of phenols is 1. The van der Waals surface area contributed by atoms with Gasteiger partial charge >= 0.3 is 5.63 Å². The molecule has 0 saturated carbocycles. The average Bonchev–Trinajstić information content (AvgIpc) is 2.28. The predicted octanol–water partition coefficient (Wildman–Crippen LogP) is 2.79. The summed E-state index contributed by atoms with van der Waals surface area (Å²) < 4.78 is 5.09. The third kappa shape index (κ3) is 2.01. The molecule has 1 aromatic carbocycles. The van der Waals surface area contributed by atoms with Crippen molar-refractivity contribution in [1.29, 1.82) is 0 Å². The normalized spacial score (nSPS) is 10.8. The summed E-state index contributed by atoms with van der Waals surface area (Å²) in [5.41, 5.74) is 0.393. The molecular formula is C14H14O4. The quantitative estimate of drug-likeness (QED) is 0.668. The van der Waals surface area contributed by atoms with E-state index in [1.54, 1.807) is 13.0 Å². The Morgan fingerprint density at radius 2 is 2.11 bits per heavy atom. The van der Waals surface area contributed by atoms with E-state index in [-0.39, 0.29) is 17.1 Å². The van der Waals surface area contributed by atoms with Crippen LogP contribution in [-0.4, -0.2) is 10.9 Å². The molecule has 0 fully saturated rings. The van der Waals surface area contributed by atoms with Gasteiger partial charge in [-0.25, -0.2) is 4.79 Å². The second-order valence-corrected chi connectivity index (χ2v) is 4.24. The number of Topliss-reactive ketones (excluding diaryl/α,β-unsaturated/α-hetero) is 1. The molecule has 0 amide bonds. The van der Waals surface area contributed by atoms with Crippen molar-refractivity contribution < 1.29 is 14.3 Å². The topological polar surface area (TPSA) is 67.5 Å². The first kappa shape index (κ1) is 12.4. The molecule has 0 saturated heterocycles. The average molecular weight is 246 g/mol. The zero-order valence-electron chi connectivity index (χ0n) is 10.3. The van der Waals surface area contributed by atoms with Crippen LogP contribution >= 0.6 is 0 Å². The minimum atomic E-state index is -0.635. The Bertz CT molecular complexity index is 667. The maximum Gasteiger partial charge on any atom is 0.347 e. The second-order valence-electron chi connectivity index (χ2n) is 4.24. The Morgan fingerprint density at radius 1 is 1.39 bits per heavy atom. The minimum absolute atomic E-state index is 0.0256. The van der Waals surface area contributed by atoms with Gasteiger partial charge in [0.1, 0.15) is 16.9 Å². The highest BCUT2D eigenvalue weighted by atomic mass is 16.4. The van der Waals surface area contributed by atoms with Gasteiger partial charge in [0, 0.05) is 17.9 Å². The lowest BCUT2D eigenvalue weighted by molar-refractivity contribution is 0.0977. The Labute approximate surface area is 104 Å². The number of aromatic hydroxyl groups is 1. The predicted molar refractivity (Wildman–Crippen MR) is 68.1 cm³/mol. The lowest BCUT2D eigenvalue weighted by Crippen LogP contribution is -2.16. The summed E-state index contributed by atoms with van der Waals surface area (Å²) in [6.07, 6.45) is 1.01. The molecule has 2 aromatic rings. The lowest BCUT2D eigenvalue weighted by Gasteiger charge is -2.06. The monoisotopic (exact) mass is 246 g/mol. The van der Waals surface area contributed by atoms with Crippen molar-refractivity contribution in [3.05, 3.63) is 39.7 Å². The highest BCUT2D eigenvalue weighted by Crippen LogP contribution is 2.23. The number of ketones is 1. The van der Waals surface area contributed by atoms with Crippen LogP contribution in [-0.2, 0) is 0 Å². The van der Waals surface area contributed by atoms with E-state index in [4.69, 9.17) is 4.42 Å². The molecule has 4 heteroatoms. The van der Waals surface area contributed by atoms with E-state index in [0.29, 0.717) is 29.4 Å². The molecule has 0 aliphatic heterocycles. The van der Waals surface area contributed by atoms with Crippen LogP contribution < -0.4 is 5.63 Å². The highest BCUT2D eigenvalue weighted by Gasteiger charge is 2.17. The van der Waals surface area contributed by atoms with Crippen molar-refractivity contribution in [2.24, 2.45) is 0 Å². The van der Waals surface area contributed by atoms with Crippen molar-refractivity contribution in [3.63, 3.8) is 0 Å². The first-order valence-corrected chi connectivity index (χ1v) is 5.84. The Kier molecular flexibility index (Phi) is 3.19. The first-order chi connectivity index (χ1) is 8.54.